The van der Waals surface area contributed by atoms with E-state index in [0.29, 0.717) is 10.6 Å². The minimum Gasteiger partial charge on any atom is -0.352 e. The maximum Gasteiger partial charge on any atom is 0.242 e. The Kier molecular flexibility index (Phi) is 10.5. The topological polar surface area (TPSA) is 86.8 Å². The molecule has 0 aromatic heterocycles. The lowest BCUT2D eigenvalue weighted by Gasteiger charge is -2.30. The minimum atomic E-state index is -3.77. The summed E-state index contributed by atoms with van der Waals surface area (Å²) in [5.41, 5.74) is 0.617. The van der Waals surface area contributed by atoms with Gasteiger partial charge in [-0.1, -0.05) is 48.9 Å². The summed E-state index contributed by atoms with van der Waals surface area (Å²) in [5.74, 6) is -1.29. The van der Waals surface area contributed by atoms with Crippen LogP contribution in [-0.2, 0) is 26.2 Å². The molecule has 2 aromatic carbocycles. The van der Waals surface area contributed by atoms with Gasteiger partial charge in [0.1, 0.15) is 11.9 Å². The van der Waals surface area contributed by atoms with Crippen LogP contribution in [0.25, 0.3) is 0 Å². The molecule has 2 aromatic rings. The van der Waals surface area contributed by atoms with Gasteiger partial charge in [-0.25, -0.2) is 12.8 Å². The number of carbonyl (C=O) groups is 2. The van der Waals surface area contributed by atoms with Crippen LogP contribution < -0.4 is 9.62 Å². The highest BCUT2D eigenvalue weighted by molar-refractivity contribution is 7.92. The summed E-state index contributed by atoms with van der Waals surface area (Å²) in [4.78, 5) is 27.5. The van der Waals surface area contributed by atoms with E-state index in [1.807, 2.05) is 13.8 Å². The van der Waals surface area contributed by atoms with E-state index in [1.165, 1.54) is 23.1 Å². The first-order valence-corrected chi connectivity index (χ1v) is 13.7. The second-order valence-corrected chi connectivity index (χ2v) is 10.8. The third-order valence-electron chi connectivity index (χ3n) is 5.74. The molecule has 0 unspecified atom stereocenters. The first-order valence-electron chi connectivity index (χ1n) is 11.5. The number of hydrogen-bond donors (Lipinski definition) is 1. The van der Waals surface area contributed by atoms with Crippen molar-refractivity contribution in [1.82, 2.24) is 10.2 Å². The molecule has 35 heavy (non-hydrogen) atoms. The van der Waals surface area contributed by atoms with E-state index in [0.717, 1.165) is 17.0 Å². The molecule has 0 bridgehead atoms. The smallest absolute Gasteiger partial charge is 0.242 e. The molecule has 0 fully saturated rings. The fraction of sp³-hybridized carbons (Fsp3) is 0.440. The lowest BCUT2D eigenvalue weighted by Crippen LogP contribution is -2.49. The highest BCUT2D eigenvalue weighted by Gasteiger charge is 2.28. The van der Waals surface area contributed by atoms with Crippen LogP contribution in [-0.4, -0.2) is 50.0 Å². The van der Waals surface area contributed by atoms with Crippen LogP contribution in [0.5, 0.6) is 0 Å². The van der Waals surface area contributed by atoms with E-state index < -0.39 is 21.9 Å². The average Bonchev–Trinajstić information content (AvgIpc) is 2.80. The molecule has 0 aliphatic heterocycles. The number of amides is 2. The van der Waals surface area contributed by atoms with E-state index in [1.54, 1.807) is 37.3 Å². The van der Waals surface area contributed by atoms with Crippen LogP contribution in [0.1, 0.15) is 45.6 Å². The molecule has 0 aliphatic carbocycles. The van der Waals surface area contributed by atoms with Gasteiger partial charge in [-0.15, -0.1) is 0 Å². The molecule has 0 spiro atoms. The summed E-state index contributed by atoms with van der Waals surface area (Å²) in [6.45, 7) is 5.52. The van der Waals surface area contributed by atoms with Gasteiger partial charge < -0.3 is 10.2 Å². The third kappa shape index (κ3) is 8.21. The molecule has 0 heterocycles. The Balaban J connectivity index is 2.20. The second kappa shape index (κ2) is 12.9. The van der Waals surface area contributed by atoms with E-state index in [-0.39, 0.29) is 49.5 Å². The molecule has 1 N–H and O–H groups in total. The molecule has 0 saturated heterocycles. The molecule has 7 nitrogen and oxygen atoms in total. The molecule has 10 heteroatoms. The molecule has 2 rings (SSSR count). The molecule has 0 saturated carbocycles. The summed E-state index contributed by atoms with van der Waals surface area (Å²) >= 11 is 6.30. The van der Waals surface area contributed by atoms with Crippen molar-refractivity contribution in [3.63, 3.8) is 0 Å². The number of para-hydroxylation sites is 1. The Bertz CT molecular complexity index is 1130. The van der Waals surface area contributed by atoms with Crippen molar-refractivity contribution in [2.75, 3.05) is 17.1 Å². The van der Waals surface area contributed by atoms with Gasteiger partial charge in [0.05, 0.1) is 11.9 Å². The number of anilines is 1. The van der Waals surface area contributed by atoms with Crippen LogP contribution in [0.4, 0.5) is 10.1 Å². The quantitative estimate of drug-likeness (QED) is 0.446. The summed E-state index contributed by atoms with van der Waals surface area (Å²) in [7, 11) is -3.77. The van der Waals surface area contributed by atoms with E-state index in [2.05, 4.69) is 5.32 Å². The number of halogens is 2. The Morgan fingerprint density at radius 3 is 2.31 bits per heavy atom. The van der Waals surface area contributed by atoms with Crippen LogP contribution in [0.2, 0.25) is 5.02 Å². The number of carbonyl (C=O) groups excluding carboxylic acids is 2. The number of benzene rings is 2. The van der Waals surface area contributed by atoms with E-state index >= 15 is 0 Å². The zero-order chi connectivity index (χ0) is 26.2. The van der Waals surface area contributed by atoms with Crippen molar-refractivity contribution in [2.45, 2.75) is 58.7 Å². The minimum absolute atomic E-state index is 0.0358. The molecular weight excluding hydrogens is 493 g/mol. The summed E-state index contributed by atoms with van der Waals surface area (Å²) in [6, 6.07) is 11.8. The van der Waals surface area contributed by atoms with E-state index in [4.69, 9.17) is 11.6 Å². The van der Waals surface area contributed by atoms with Crippen LogP contribution in [0.15, 0.2) is 48.5 Å². The summed E-state index contributed by atoms with van der Waals surface area (Å²) in [5, 5.41) is 3.37. The molecule has 2 amide bonds. The maximum atomic E-state index is 14.3. The highest BCUT2D eigenvalue weighted by atomic mass is 35.5. The average molecular weight is 526 g/mol. The maximum absolute atomic E-state index is 14.3. The van der Waals surface area contributed by atoms with Crippen molar-refractivity contribution < 1.29 is 22.4 Å². The van der Waals surface area contributed by atoms with Crippen LogP contribution in [0, 0.1) is 5.82 Å². The van der Waals surface area contributed by atoms with Gasteiger partial charge in [0.2, 0.25) is 21.8 Å². The SMILES string of the molecule is CC[C@@H](C)NC(=O)[C@H](C)N(Cc1ccccc1Cl)C(=O)CCCN(c1ccccc1F)S(C)(=O)=O. The zero-order valence-electron chi connectivity index (χ0n) is 20.5. The van der Waals surface area contributed by atoms with Crippen molar-refractivity contribution in [3.05, 3.63) is 64.9 Å². The van der Waals surface area contributed by atoms with Gasteiger partial charge in [0, 0.05) is 30.6 Å². The Labute approximate surface area is 212 Å². The van der Waals surface area contributed by atoms with Crippen molar-refractivity contribution in [3.8, 4) is 0 Å². The van der Waals surface area contributed by atoms with Gasteiger partial charge in [0.25, 0.3) is 0 Å². The van der Waals surface area contributed by atoms with E-state index in [9.17, 15) is 22.4 Å². The molecule has 0 radical (unpaired) electrons. The largest absolute Gasteiger partial charge is 0.352 e. The number of sulfonamides is 1. The van der Waals surface area contributed by atoms with Gasteiger partial charge in [-0.2, -0.15) is 0 Å². The van der Waals surface area contributed by atoms with Gasteiger partial charge in [-0.3, -0.25) is 13.9 Å². The van der Waals surface area contributed by atoms with Gasteiger partial charge in [-0.05, 0) is 50.5 Å². The number of nitrogens with zero attached hydrogens (tertiary/aromatic N) is 2. The molecule has 2 atom stereocenters. The predicted molar refractivity (Wildman–Crippen MR) is 137 cm³/mol. The van der Waals surface area contributed by atoms with Crippen molar-refractivity contribution in [2.24, 2.45) is 0 Å². The Hall–Kier alpha value is -2.65. The lowest BCUT2D eigenvalue weighted by molar-refractivity contribution is -0.140. The fourth-order valence-electron chi connectivity index (χ4n) is 3.49. The van der Waals surface area contributed by atoms with Crippen molar-refractivity contribution >= 4 is 39.1 Å². The Morgan fingerprint density at radius 1 is 1.09 bits per heavy atom. The molecular formula is C25H33ClFN3O4S. The second-order valence-electron chi connectivity index (χ2n) is 8.50. The number of rotatable bonds is 12. The standard InChI is InChI=1S/C25H33ClFN3O4S/c1-5-18(2)28-25(32)19(3)29(17-20-11-6-7-12-21(20)26)24(31)15-10-16-30(35(4,33)34)23-14-9-8-13-22(23)27/h6-9,11-14,18-19H,5,10,15-17H2,1-4H3,(H,28,32)/t18-,19+/m1/s1. The molecule has 0 aliphatic rings. The predicted octanol–water partition coefficient (Wildman–Crippen LogP) is 4.36. The molecule has 192 valence electrons. The summed E-state index contributed by atoms with van der Waals surface area (Å²) in [6.07, 6.45) is 1.84. The number of hydrogen-bond acceptors (Lipinski definition) is 4. The number of nitrogens with one attached hydrogen (secondary N) is 1. The van der Waals surface area contributed by atoms with Crippen molar-refractivity contribution in [1.29, 1.82) is 0 Å². The normalized spacial score (nSPS) is 13.1. The van der Waals surface area contributed by atoms with Crippen LogP contribution in [0.3, 0.4) is 0 Å². The Morgan fingerprint density at radius 2 is 1.71 bits per heavy atom. The van der Waals surface area contributed by atoms with Gasteiger partial charge in [0.15, 0.2) is 0 Å². The van der Waals surface area contributed by atoms with Gasteiger partial charge >= 0.3 is 0 Å². The third-order valence-corrected chi connectivity index (χ3v) is 7.29. The summed E-state index contributed by atoms with van der Waals surface area (Å²) < 4.78 is 39.8. The first-order chi connectivity index (χ1) is 16.5. The van der Waals surface area contributed by atoms with Crippen LogP contribution >= 0.6 is 11.6 Å². The highest BCUT2D eigenvalue weighted by Crippen LogP contribution is 2.23. The monoisotopic (exact) mass is 525 g/mol. The first kappa shape index (κ1) is 28.6. The fourth-order valence-corrected chi connectivity index (χ4v) is 4.66. The lowest BCUT2D eigenvalue weighted by atomic mass is 10.1. The zero-order valence-corrected chi connectivity index (χ0v) is 22.1.